The standard InChI is InChI=1S/C33H30N.ClH.H3N/c1-5-13-27(14-6-1)23-31-21-22-34(26-30-19-11-4-12-20-30)33(25-29-17-9-3-10-18-29)32(31)24-28-15-7-2-8-16-28;;/h1-22H,23-26H2;1H;1H3/q+1;;. The molecule has 3 heteroatoms. The molecule has 0 unspecified atom stereocenters. The maximum atomic E-state index is 2.45. The summed E-state index contributed by atoms with van der Waals surface area (Å²) in [6.45, 7) is 0.871. The number of nitrogens with zero attached hydrogens (tertiary/aromatic N) is 1. The van der Waals surface area contributed by atoms with Crippen molar-refractivity contribution in [2.45, 2.75) is 25.8 Å². The minimum atomic E-state index is 0. The van der Waals surface area contributed by atoms with Gasteiger partial charge in [-0.3, -0.25) is 0 Å². The molecule has 0 amide bonds. The highest BCUT2D eigenvalue weighted by Gasteiger charge is 2.21. The van der Waals surface area contributed by atoms with Crippen LogP contribution in [-0.4, -0.2) is 0 Å². The third kappa shape index (κ3) is 6.91. The van der Waals surface area contributed by atoms with Gasteiger partial charge in [-0.25, -0.2) is 0 Å². The first-order valence-electron chi connectivity index (χ1n) is 12.0. The molecule has 4 aromatic carbocycles. The van der Waals surface area contributed by atoms with Gasteiger partial charge in [-0.05, 0) is 28.7 Å². The van der Waals surface area contributed by atoms with E-state index in [4.69, 9.17) is 0 Å². The van der Waals surface area contributed by atoms with Crippen molar-refractivity contribution in [1.29, 1.82) is 0 Å². The lowest BCUT2D eigenvalue weighted by Gasteiger charge is -2.15. The molecule has 0 fully saturated rings. The molecular formula is C33H34ClN2+. The van der Waals surface area contributed by atoms with Gasteiger partial charge in [0.05, 0.1) is 6.42 Å². The van der Waals surface area contributed by atoms with Crippen molar-refractivity contribution in [3.63, 3.8) is 0 Å². The summed E-state index contributed by atoms with van der Waals surface area (Å²) in [7, 11) is 0. The average molecular weight is 494 g/mol. The minimum Gasteiger partial charge on any atom is -0.344 e. The van der Waals surface area contributed by atoms with Crippen LogP contribution >= 0.6 is 12.4 Å². The van der Waals surface area contributed by atoms with Gasteiger partial charge in [-0.2, -0.15) is 4.57 Å². The van der Waals surface area contributed by atoms with Crippen LogP contribution < -0.4 is 10.7 Å². The topological polar surface area (TPSA) is 38.9 Å². The second-order valence-electron chi connectivity index (χ2n) is 8.87. The lowest BCUT2D eigenvalue weighted by atomic mass is 9.91. The Balaban J connectivity index is 0.00000180. The van der Waals surface area contributed by atoms with Crippen LogP contribution in [0.15, 0.2) is 134 Å². The van der Waals surface area contributed by atoms with Gasteiger partial charge >= 0.3 is 0 Å². The Morgan fingerprint density at radius 3 is 1.36 bits per heavy atom. The van der Waals surface area contributed by atoms with Gasteiger partial charge in [-0.15, -0.1) is 12.4 Å². The third-order valence-corrected chi connectivity index (χ3v) is 6.41. The largest absolute Gasteiger partial charge is 0.344 e. The molecule has 0 aliphatic rings. The number of pyridine rings is 1. The molecule has 0 radical (unpaired) electrons. The van der Waals surface area contributed by atoms with Gasteiger partial charge in [0.15, 0.2) is 18.4 Å². The van der Waals surface area contributed by atoms with Crippen molar-refractivity contribution in [3.05, 3.63) is 173 Å². The van der Waals surface area contributed by atoms with E-state index in [0.717, 1.165) is 25.8 Å². The highest BCUT2D eigenvalue weighted by Crippen LogP contribution is 2.22. The van der Waals surface area contributed by atoms with Gasteiger partial charge in [0.25, 0.3) is 0 Å². The van der Waals surface area contributed by atoms with Crippen molar-refractivity contribution >= 4 is 12.4 Å². The van der Waals surface area contributed by atoms with E-state index in [-0.39, 0.29) is 18.6 Å². The molecule has 36 heavy (non-hydrogen) atoms. The summed E-state index contributed by atoms with van der Waals surface area (Å²) in [5.74, 6) is 0. The maximum Gasteiger partial charge on any atom is 0.189 e. The zero-order valence-electron chi connectivity index (χ0n) is 20.6. The summed E-state index contributed by atoms with van der Waals surface area (Å²) in [6.07, 6.45) is 5.08. The third-order valence-electron chi connectivity index (χ3n) is 6.41. The fourth-order valence-electron chi connectivity index (χ4n) is 4.65. The predicted molar refractivity (Wildman–Crippen MR) is 152 cm³/mol. The summed E-state index contributed by atoms with van der Waals surface area (Å²) in [6, 6.07) is 45.7. The van der Waals surface area contributed by atoms with E-state index in [9.17, 15) is 0 Å². The van der Waals surface area contributed by atoms with E-state index in [1.165, 1.54) is 39.1 Å². The first-order chi connectivity index (χ1) is 16.8. The molecule has 0 aliphatic carbocycles. The number of halogens is 1. The van der Waals surface area contributed by atoms with Gasteiger partial charge in [0, 0.05) is 23.6 Å². The fraction of sp³-hybridized carbons (Fsp3) is 0.121. The van der Waals surface area contributed by atoms with E-state index in [2.05, 4.69) is 138 Å². The molecule has 0 saturated carbocycles. The summed E-state index contributed by atoms with van der Waals surface area (Å²) in [5, 5.41) is 0. The van der Waals surface area contributed by atoms with Gasteiger partial charge in [-0.1, -0.05) is 121 Å². The lowest BCUT2D eigenvalue weighted by Crippen LogP contribution is -2.40. The normalized spacial score (nSPS) is 10.2. The van der Waals surface area contributed by atoms with Gasteiger partial charge in [0.2, 0.25) is 0 Å². The molecule has 1 heterocycles. The molecule has 5 rings (SSSR count). The maximum absolute atomic E-state index is 2.45. The number of hydrogen-bond acceptors (Lipinski definition) is 1. The number of benzene rings is 4. The molecule has 0 aliphatic heterocycles. The lowest BCUT2D eigenvalue weighted by molar-refractivity contribution is -0.695. The number of rotatable bonds is 8. The summed E-state index contributed by atoms with van der Waals surface area (Å²) in [4.78, 5) is 0. The molecule has 0 saturated heterocycles. The molecule has 2 nitrogen and oxygen atoms in total. The molecular weight excluding hydrogens is 460 g/mol. The second kappa shape index (κ2) is 13.4. The highest BCUT2D eigenvalue weighted by molar-refractivity contribution is 5.85. The van der Waals surface area contributed by atoms with Crippen LogP contribution in [-0.2, 0) is 25.8 Å². The van der Waals surface area contributed by atoms with Gasteiger partial charge < -0.3 is 6.15 Å². The van der Waals surface area contributed by atoms with E-state index in [1.807, 2.05) is 0 Å². The van der Waals surface area contributed by atoms with Crippen LogP contribution in [0, 0.1) is 0 Å². The molecule has 5 aromatic rings. The number of aromatic nitrogens is 1. The van der Waals surface area contributed by atoms with E-state index < -0.39 is 0 Å². The monoisotopic (exact) mass is 493 g/mol. The van der Waals surface area contributed by atoms with Gasteiger partial charge in [0.1, 0.15) is 0 Å². The Hall–Kier alpha value is -3.72. The van der Waals surface area contributed by atoms with Crippen LogP contribution in [0.3, 0.4) is 0 Å². The summed E-state index contributed by atoms with van der Waals surface area (Å²) < 4.78 is 2.45. The summed E-state index contributed by atoms with van der Waals surface area (Å²) in [5.41, 5.74) is 9.61. The van der Waals surface area contributed by atoms with Crippen LogP contribution in [0.25, 0.3) is 0 Å². The Kier molecular flexibility index (Phi) is 10.00. The van der Waals surface area contributed by atoms with E-state index in [1.54, 1.807) is 0 Å². The van der Waals surface area contributed by atoms with Crippen molar-refractivity contribution in [3.8, 4) is 0 Å². The average Bonchev–Trinajstić information content (AvgIpc) is 2.90. The summed E-state index contributed by atoms with van der Waals surface area (Å²) >= 11 is 0. The quantitative estimate of drug-likeness (QED) is 0.225. The highest BCUT2D eigenvalue weighted by atomic mass is 35.5. The van der Waals surface area contributed by atoms with Crippen LogP contribution in [0.1, 0.15) is 39.1 Å². The SMILES string of the molecule is Cl.N.c1ccc(Cc2cc[n+](Cc3ccccc3)c(Cc3ccccc3)c2Cc2ccccc2)cc1. The van der Waals surface area contributed by atoms with Crippen molar-refractivity contribution in [1.82, 2.24) is 6.15 Å². The molecule has 3 N–H and O–H groups in total. The molecule has 0 spiro atoms. The molecule has 0 atom stereocenters. The predicted octanol–water partition coefficient (Wildman–Crippen LogP) is 7.38. The van der Waals surface area contributed by atoms with Crippen LogP contribution in [0.2, 0.25) is 0 Å². The second-order valence-corrected chi connectivity index (χ2v) is 8.87. The van der Waals surface area contributed by atoms with Crippen molar-refractivity contribution < 1.29 is 4.57 Å². The van der Waals surface area contributed by atoms with Crippen molar-refractivity contribution in [2.24, 2.45) is 0 Å². The molecule has 0 bridgehead atoms. The Labute approximate surface area is 221 Å². The Morgan fingerprint density at radius 1 is 0.444 bits per heavy atom. The van der Waals surface area contributed by atoms with Crippen LogP contribution in [0.5, 0.6) is 0 Å². The van der Waals surface area contributed by atoms with Crippen molar-refractivity contribution in [2.75, 3.05) is 0 Å². The minimum absolute atomic E-state index is 0. The zero-order valence-corrected chi connectivity index (χ0v) is 21.4. The van der Waals surface area contributed by atoms with E-state index in [0.29, 0.717) is 0 Å². The molecule has 1 aromatic heterocycles. The first-order valence-corrected chi connectivity index (χ1v) is 12.0. The first kappa shape index (κ1) is 26.9. The molecule has 182 valence electrons. The van der Waals surface area contributed by atoms with Crippen LogP contribution in [0.4, 0.5) is 0 Å². The zero-order chi connectivity index (χ0) is 23.0. The number of hydrogen-bond donors (Lipinski definition) is 1. The Bertz CT molecular complexity index is 1220. The van der Waals surface area contributed by atoms with E-state index >= 15 is 0 Å². The fourth-order valence-corrected chi connectivity index (χ4v) is 4.65. The smallest absolute Gasteiger partial charge is 0.189 e. The Morgan fingerprint density at radius 2 is 0.861 bits per heavy atom.